The number of nitrogens with zero attached hydrogens (tertiary/aromatic N) is 4. The van der Waals surface area contributed by atoms with Crippen molar-refractivity contribution in [1.29, 1.82) is 0 Å². The summed E-state index contributed by atoms with van der Waals surface area (Å²) < 4.78 is 5.38. The van der Waals surface area contributed by atoms with Crippen molar-refractivity contribution in [3.05, 3.63) is 42.5 Å². The zero-order chi connectivity index (χ0) is 16.9. The third-order valence-corrected chi connectivity index (χ3v) is 4.22. The second-order valence-electron chi connectivity index (χ2n) is 5.75. The SMILES string of the molecule is CCOc1cc(NC[C@@H]2CC(=O)N(C)[C@H]2c2ccncc2)ncn1. The van der Waals surface area contributed by atoms with Crippen LogP contribution in [-0.2, 0) is 4.79 Å². The van der Waals surface area contributed by atoms with Gasteiger partial charge in [-0.05, 0) is 24.6 Å². The molecule has 7 heteroatoms. The van der Waals surface area contributed by atoms with Crippen LogP contribution < -0.4 is 10.1 Å². The van der Waals surface area contributed by atoms with Crippen LogP contribution in [0.1, 0.15) is 24.9 Å². The molecule has 1 aliphatic heterocycles. The average Bonchev–Trinajstić information content (AvgIpc) is 2.89. The molecule has 7 nitrogen and oxygen atoms in total. The Morgan fingerprint density at radius 1 is 1.33 bits per heavy atom. The Morgan fingerprint density at radius 2 is 2.12 bits per heavy atom. The van der Waals surface area contributed by atoms with Gasteiger partial charge >= 0.3 is 0 Å². The van der Waals surface area contributed by atoms with E-state index in [1.54, 1.807) is 18.5 Å². The van der Waals surface area contributed by atoms with E-state index in [0.717, 1.165) is 5.56 Å². The van der Waals surface area contributed by atoms with Gasteiger partial charge < -0.3 is 15.0 Å². The van der Waals surface area contributed by atoms with Crippen molar-refractivity contribution in [2.75, 3.05) is 25.5 Å². The normalized spacial score (nSPS) is 20.2. The summed E-state index contributed by atoms with van der Waals surface area (Å²) in [6.45, 7) is 3.11. The molecule has 1 amide bonds. The molecule has 3 rings (SSSR count). The first-order valence-corrected chi connectivity index (χ1v) is 8.03. The van der Waals surface area contributed by atoms with Gasteiger partial charge in [-0.3, -0.25) is 9.78 Å². The van der Waals surface area contributed by atoms with Gasteiger partial charge in [0.05, 0.1) is 12.6 Å². The summed E-state index contributed by atoms with van der Waals surface area (Å²) in [6.07, 6.45) is 5.50. The Labute approximate surface area is 141 Å². The highest BCUT2D eigenvalue weighted by atomic mass is 16.5. The molecule has 0 saturated carbocycles. The molecule has 1 fully saturated rings. The topological polar surface area (TPSA) is 80.2 Å². The van der Waals surface area contributed by atoms with E-state index in [0.29, 0.717) is 31.3 Å². The monoisotopic (exact) mass is 327 g/mol. The standard InChI is InChI=1S/C17H21N5O2/c1-3-24-15-9-14(20-11-21-15)19-10-13-8-16(23)22(2)17(13)12-4-6-18-7-5-12/h4-7,9,11,13,17H,3,8,10H2,1-2H3,(H,19,20,21)/t13-,17-/m0/s1. The first kappa shape index (κ1) is 16.2. The minimum absolute atomic E-state index is 0.0428. The summed E-state index contributed by atoms with van der Waals surface area (Å²) in [6, 6.07) is 5.74. The van der Waals surface area contributed by atoms with Crippen LogP contribution in [-0.4, -0.2) is 46.0 Å². The molecule has 0 spiro atoms. The minimum atomic E-state index is 0.0428. The average molecular weight is 327 g/mol. The van der Waals surface area contributed by atoms with Crippen LogP contribution in [0.5, 0.6) is 5.88 Å². The maximum Gasteiger partial charge on any atom is 0.223 e. The molecule has 1 N–H and O–H groups in total. The van der Waals surface area contributed by atoms with Gasteiger partial charge in [-0.25, -0.2) is 9.97 Å². The fraction of sp³-hybridized carbons (Fsp3) is 0.412. The molecule has 1 aliphatic rings. The molecular weight excluding hydrogens is 306 g/mol. The number of aromatic nitrogens is 3. The Bertz CT molecular complexity index is 694. The number of carbonyl (C=O) groups is 1. The summed E-state index contributed by atoms with van der Waals surface area (Å²) in [5.41, 5.74) is 1.10. The lowest BCUT2D eigenvalue weighted by atomic mass is 9.94. The molecule has 24 heavy (non-hydrogen) atoms. The van der Waals surface area contributed by atoms with Crippen molar-refractivity contribution in [3.63, 3.8) is 0 Å². The molecule has 0 aliphatic carbocycles. The Balaban J connectivity index is 1.71. The van der Waals surface area contributed by atoms with Gasteiger partial charge in [0.2, 0.25) is 11.8 Å². The number of likely N-dealkylation sites (tertiary alicyclic amines) is 1. The third kappa shape index (κ3) is 3.45. The fourth-order valence-corrected chi connectivity index (χ4v) is 3.09. The van der Waals surface area contributed by atoms with Crippen LogP contribution in [0.25, 0.3) is 0 Å². The molecule has 126 valence electrons. The molecule has 3 heterocycles. The van der Waals surface area contributed by atoms with Gasteiger partial charge in [0.15, 0.2) is 0 Å². The van der Waals surface area contributed by atoms with E-state index in [9.17, 15) is 4.79 Å². The molecule has 2 aromatic rings. The van der Waals surface area contributed by atoms with Crippen molar-refractivity contribution in [2.24, 2.45) is 5.92 Å². The molecular formula is C17H21N5O2. The van der Waals surface area contributed by atoms with Crippen LogP contribution in [0.3, 0.4) is 0 Å². The van der Waals surface area contributed by atoms with Crippen LogP contribution >= 0.6 is 0 Å². The van der Waals surface area contributed by atoms with Crippen molar-refractivity contribution in [1.82, 2.24) is 19.9 Å². The van der Waals surface area contributed by atoms with E-state index in [1.807, 2.05) is 31.0 Å². The highest BCUT2D eigenvalue weighted by molar-refractivity contribution is 5.79. The summed E-state index contributed by atoms with van der Waals surface area (Å²) in [5.74, 6) is 1.56. The predicted molar refractivity (Wildman–Crippen MR) is 89.5 cm³/mol. The van der Waals surface area contributed by atoms with E-state index in [-0.39, 0.29) is 17.9 Å². The second kappa shape index (κ2) is 7.25. The van der Waals surface area contributed by atoms with E-state index in [4.69, 9.17) is 4.74 Å². The zero-order valence-electron chi connectivity index (χ0n) is 13.8. The molecule has 0 aromatic carbocycles. The maximum atomic E-state index is 12.2. The number of carbonyl (C=O) groups excluding carboxylic acids is 1. The van der Waals surface area contributed by atoms with Crippen molar-refractivity contribution >= 4 is 11.7 Å². The Morgan fingerprint density at radius 3 is 2.88 bits per heavy atom. The van der Waals surface area contributed by atoms with Crippen LogP contribution in [0.15, 0.2) is 36.9 Å². The summed E-state index contributed by atoms with van der Waals surface area (Å²) in [4.78, 5) is 26.3. The summed E-state index contributed by atoms with van der Waals surface area (Å²) >= 11 is 0. The number of nitrogens with one attached hydrogen (secondary N) is 1. The van der Waals surface area contributed by atoms with Crippen molar-refractivity contribution in [2.45, 2.75) is 19.4 Å². The largest absolute Gasteiger partial charge is 0.478 e. The molecule has 0 unspecified atom stereocenters. The number of ether oxygens (including phenoxy) is 1. The van der Waals surface area contributed by atoms with E-state index in [1.165, 1.54) is 6.33 Å². The van der Waals surface area contributed by atoms with Crippen molar-refractivity contribution < 1.29 is 9.53 Å². The quantitative estimate of drug-likeness (QED) is 0.873. The number of amides is 1. The molecule has 0 radical (unpaired) electrons. The van der Waals surface area contributed by atoms with Gasteiger partial charge in [-0.2, -0.15) is 0 Å². The minimum Gasteiger partial charge on any atom is -0.478 e. The zero-order valence-corrected chi connectivity index (χ0v) is 13.8. The number of pyridine rings is 1. The van der Waals surface area contributed by atoms with Gasteiger partial charge in [-0.1, -0.05) is 0 Å². The predicted octanol–water partition coefficient (Wildman–Crippen LogP) is 1.90. The summed E-state index contributed by atoms with van der Waals surface area (Å²) in [5, 5.41) is 3.30. The maximum absolute atomic E-state index is 12.2. The third-order valence-electron chi connectivity index (χ3n) is 4.22. The lowest BCUT2D eigenvalue weighted by Crippen LogP contribution is -2.26. The Kier molecular flexibility index (Phi) is 4.88. The van der Waals surface area contributed by atoms with Gasteiger partial charge in [0.25, 0.3) is 0 Å². The molecule has 2 atom stereocenters. The van der Waals surface area contributed by atoms with Gasteiger partial charge in [0, 0.05) is 44.4 Å². The van der Waals surface area contributed by atoms with Gasteiger partial charge in [0.1, 0.15) is 12.1 Å². The van der Waals surface area contributed by atoms with E-state index >= 15 is 0 Å². The lowest BCUT2D eigenvalue weighted by Gasteiger charge is -2.25. The van der Waals surface area contributed by atoms with Crippen molar-refractivity contribution in [3.8, 4) is 5.88 Å². The fourth-order valence-electron chi connectivity index (χ4n) is 3.09. The number of hydrogen-bond donors (Lipinski definition) is 1. The van der Waals surface area contributed by atoms with E-state index < -0.39 is 0 Å². The Hall–Kier alpha value is -2.70. The highest BCUT2D eigenvalue weighted by Crippen LogP contribution is 2.36. The smallest absolute Gasteiger partial charge is 0.223 e. The van der Waals surface area contributed by atoms with Crippen LogP contribution in [0.4, 0.5) is 5.82 Å². The highest BCUT2D eigenvalue weighted by Gasteiger charge is 2.38. The number of hydrogen-bond acceptors (Lipinski definition) is 6. The van der Waals surface area contributed by atoms with Crippen LogP contribution in [0, 0.1) is 5.92 Å². The second-order valence-corrected chi connectivity index (χ2v) is 5.75. The number of rotatable bonds is 6. The molecule has 0 bridgehead atoms. The first-order chi connectivity index (χ1) is 11.7. The van der Waals surface area contributed by atoms with Crippen LogP contribution in [0.2, 0.25) is 0 Å². The molecule has 2 aromatic heterocycles. The number of anilines is 1. The first-order valence-electron chi connectivity index (χ1n) is 8.03. The molecule has 1 saturated heterocycles. The summed E-state index contributed by atoms with van der Waals surface area (Å²) in [7, 11) is 1.85. The van der Waals surface area contributed by atoms with Gasteiger partial charge in [-0.15, -0.1) is 0 Å². The lowest BCUT2D eigenvalue weighted by molar-refractivity contribution is -0.127. The van der Waals surface area contributed by atoms with E-state index in [2.05, 4.69) is 20.3 Å².